The van der Waals surface area contributed by atoms with Gasteiger partial charge in [0.1, 0.15) is 17.8 Å². The monoisotopic (exact) mass is 320 g/mol. The zero-order chi connectivity index (χ0) is 16.8. The molecule has 0 atom stereocenters. The molecule has 6 nitrogen and oxygen atoms in total. The zero-order valence-corrected chi connectivity index (χ0v) is 14.0. The van der Waals surface area contributed by atoms with E-state index in [9.17, 15) is 0 Å². The number of aromatic amines is 1. The van der Waals surface area contributed by atoms with Crippen LogP contribution < -0.4 is 5.73 Å². The SMILES string of the molecule is CCc1cccc2[nH]c(-c3nn(C(C)C)c4ncnc(N)c34)cc12. The number of H-pyrrole nitrogens is 1. The molecular formula is C18H20N6. The average Bonchev–Trinajstić information content (AvgIpc) is 3.16. The van der Waals surface area contributed by atoms with Crippen molar-refractivity contribution in [2.24, 2.45) is 0 Å². The number of nitrogens with one attached hydrogen (secondary N) is 1. The minimum Gasteiger partial charge on any atom is -0.383 e. The topological polar surface area (TPSA) is 85.4 Å². The molecule has 3 heterocycles. The van der Waals surface area contributed by atoms with Gasteiger partial charge in [-0.05, 0) is 38.0 Å². The first-order valence-electron chi connectivity index (χ1n) is 8.19. The summed E-state index contributed by atoms with van der Waals surface area (Å²) in [4.78, 5) is 12.0. The highest BCUT2D eigenvalue weighted by atomic mass is 15.3. The molecule has 3 N–H and O–H groups in total. The lowest BCUT2D eigenvalue weighted by Crippen LogP contribution is -2.04. The van der Waals surface area contributed by atoms with Crippen LogP contribution in [0.5, 0.6) is 0 Å². The Morgan fingerprint density at radius 2 is 2.08 bits per heavy atom. The number of hydrogen-bond donors (Lipinski definition) is 2. The molecule has 122 valence electrons. The van der Waals surface area contributed by atoms with Crippen molar-refractivity contribution >= 4 is 27.8 Å². The Bertz CT molecular complexity index is 1040. The molecule has 0 aliphatic heterocycles. The van der Waals surface area contributed by atoms with Crippen molar-refractivity contribution in [3.8, 4) is 11.4 Å². The maximum absolute atomic E-state index is 6.14. The predicted octanol–water partition coefficient (Wildman–Crippen LogP) is 3.70. The van der Waals surface area contributed by atoms with Crippen LogP contribution in [0, 0.1) is 0 Å². The lowest BCUT2D eigenvalue weighted by molar-refractivity contribution is 0.547. The van der Waals surface area contributed by atoms with Crippen molar-refractivity contribution in [1.82, 2.24) is 24.7 Å². The summed E-state index contributed by atoms with van der Waals surface area (Å²) in [5, 5.41) is 6.80. The summed E-state index contributed by atoms with van der Waals surface area (Å²) in [5.41, 5.74) is 11.1. The molecule has 0 radical (unpaired) electrons. The fraction of sp³-hybridized carbons (Fsp3) is 0.278. The Morgan fingerprint density at radius 1 is 1.25 bits per heavy atom. The van der Waals surface area contributed by atoms with Crippen molar-refractivity contribution in [2.75, 3.05) is 5.73 Å². The van der Waals surface area contributed by atoms with Gasteiger partial charge in [0.25, 0.3) is 0 Å². The fourth-order valence-corrected chi connectivity index (χ4v) is 3.20. The average molecular weight is 320 g/mol. The van der Waals surface area contributed by atoms with Crippen molar-refractivity contribution in [1.29, 1.82) is 0 Å². The summed E-state index contributed by atoms with van der Waals surface area (Å²) in [6.07, 6.45) is 2.48. The first kappa shape index (κ1) is 14.7. The molecule has 0 saturated heterocycles. The minimum atomic E-state index is 0.186. The molecule has 0 aliphatic carbocycles. The second kappa shape index (κ2) is 5.33. The first-order chi connectivity index (χ1) is 11.6. The maximum Gasteiger partial charge on any atom is 0.164 e. The molecule has 0 unspecified atom stereocenters. The number of rotatable bonds is 3. The molecule has 0 amide bonds. The summed E-state index contributed by atoms with van der Waals surface area (Å²) in [5.74, 6) is 0.455. The molecular weight excluding hydrogens is 300 g/mol. The Kier molecular flexibility index (Phi) is 3.26. The minimum absolute atomic E-state index is 0.186. The van der Waals surface area contributed by atoms with Crippen LogP contribution in [-0.4, -0.2) is 24.7 Å². The standard InChI is InChI=1S/C18H20N6/c1-4-11-6-5-7-13-12(11)8-14(22-13)16-15-17(19)20-9-21-18(15)24(23-16)10(2)3/h5-10,22H,4H2,1-3H3,(H2,19,20,21). The highest BCUT2D eigenvalue weighted by Gasteiger charge is 2.20. The number of fused-ring (bicyclic) bond motifs is 2. The van der Waals surface area contributed by atoms with E-state index < -0.39 is 0 Å². The van der Waals surface area contributed by atoms with Gasteiger partial charge in [-0.25, -0.2) is 14.6 Å². The van der Waals surface area contributed by atoms with Gasteiger partial charge in [-0.3, -0.25) is 0 Å². The number of nitrogens with two attached hydrogens (primary N) is 1. The Morgan fingerprint density at radius 3 is 2.83 bits per heavy atom. The second-order valence-corrected chi connectivity index (χ2v) is 6.26. The third-order valence-electron chi connectivity index (χ3n) is 4.40. The molecule has 6 heteroatoms. The molecule has 24 heavy (non-hydrogen) atoms. The van der Waals surface area contributed by atoms with E-state index in [1.54, 1.807) is 0 Å². The van der Waals surface area contributed by atoms with E-state index in [-0.39, 0.29) is 6.04 Å². The predicted molar refractivity (Wildman–Crippen MR) is 96.8 cm³/mol. The van der Waals surface area contributed by atoms with Gasteiger partial charge in [0.2, 0.25) is 0 Å². The zero-order valence-electron chi connectivity index (χ0n) is 14.0. The quantitative estimate of drug-likeness (QED) is 0.602. The number of hydrogen-bond acceptors (Lipinski definition) is 4. The molecule has 4 aromatic rings. The van der Waals surface area contributed by atoms with Gasteiger partial charge < -0.3 is 10.7 Å². The van der Waals surface area contributed by atoms with Crippen molar-refractivity contribution in [3.63, 3.8) is 0 Å². The lowest BCUT2D eigenvalue weighted by atomic mass is 10.1. The lowest BCUT2D eigenvalue weighted by Gasteiger charge is -2.05. The summed E-state index contributed by atoms with van der Waals surface area (Å²) in [6.45, 7) is 6.32. The van der Waals surface area contributed by atoms with Crippen LogP contribution >= 0.6 is 0 Å². The highest BCUT2D eigenvalue weighted by Crippen LogP contribution is 2.33. The summed E-state index contributed by atoms with van der Waals surface area (Å²) < 4.78 is 1.90. The Balaban J connectivity index is 2.03. The number of anilines is 1. The van der Waals surface area contributed by atoms with Gasteiger partial charge in [-0.15, -0.1) is 0 Å². The molecule has 0 aliphatic rings. The van der Waals surface area contributed by atoms with E-state index in [0.717, 1.165) is 34.4 Å². The highest BCUT2D eigenvalue weighted by molar-refractivity contribution is 6.00. The van der Waals surface area contributed by atoms with Crippen LogP contribution in [0.25, 0.3) is 33.3 Å². The van der Waals surface area contributed by atoms with E-state index in [0.29, 0.717) is 5.82 Å². The largest absolute Gasteiger partial charge is 0.383 e. The number of benzene rings is 1. The number of nitrogens with zero attached hydrogens (tertiary/aromatic N) is 4. The Hall–Kier alpha value is -2.89. The Labute approximate surface area is 139 Å². The molecule has 0 saturated carbocycles. The molecule has 0 spiro atoms. The number of aromatic nitrogens is 5. The molecule has 4 rings (SSSR count). The molecule has 3 aromatic heterocycles. The van der Waals surface area contributed by atoms with Gasteiger partial charge in [0.05, 0.1) is 11.1 Å². The van der Waals surface area contributed by atoms with E-state index in [4.69, 9.17) is 10.8 Å². The number of nitrogen functional groups attached to an aromatic ring is 1. The van der Waals surface area contributed by atoms with Crippen molar-refractivity contribution < 1.29 is 0 Å². The summed E-state index contributed by atoms with van der Waals surface area (Å²) in [7, 11) is 0. The number of aryl methyl sites for hydroxylation is 1. The van der Waals surface area contributed by atoms with Gasteiger partial charge in [0.15, 0.2) is 5.65 Å². The summed E-state index contributed by atoms with van der Waals surface area (Å²) in [6, 6.07) is 8.64. The van der Waals surface area contributed by atoms with Crippen LogP contribution in [0.2, 0.25) is 0 Å². The van der Waals surface area contributed by atoms with Gasteiger partial charge in [-0.2, -0.15) is 5.10 Å². The van der Waals surface area contributed by atoms with E-state index >= 15 is 0 Å². The maximum atomic E-state index is 6.14. The van der Waals surface area contributed by atoms with Crippen molar-refractivity contribution in [3.05, 3.63) is 36.2 Å². The van der Waals surface area contributed by atoms with Crippen LogP contribution in [0.1, 0.15) is 32.4 Å². The van der Waals surface area contributed by atoms with E-state index in [1.807, 2.05) is 4.68 Å². The van der Waals surface area contributed by atoms with Gasteiger partial charge in [-0.1, -0.05) is 19.1 Å². The molecule has 0 bridgehead atoms. The second-order valence-electron chi connectivity index (χ2n) is 6.26. The third-order valence-corrected chi connectivity index (χ3v) is 4.40. The van der Waals surface area contributed by atoms with Crippen LogP contribution in [0.3, 0.4) is 0 Å². The third kappa shape index (κ3) is 2.06. The molecule has 0 fully saturated rings. The van der Waals surface area contributed by atoms with Gasteiger partial charge in [0, 0.05) is 16.9 Å². The van der Waals surface area contributed by atoms with Crippen LogP contribution in [0.4, 0.5) is 5.82 Å². The van der Waals surface area contributed by atoms with E-state index in [2.05, 4.69) is 60.0 Å². The first-order valence-corrected chi connectivity index (χ1v) is 8.19. The van der Waals surface area contributed by atoms with E-state index in [1.165, 1.54) is 17.3 Å². The van der Waals surface area contributed by atoms with Crippen LogP contribution in [0.15, 0.2) is 30.6 Å². The van der Waals surface area contributed by atoms with Crippen LogP contribution in [-0.2, 0) is 6.42 Å². The fourth-order valence-electron chi connectivity index (χ4n) is 3.20. The molecule has 1 aromatic carbocycles. The van der Waals surface area contributed by atoms with Gasteiger partial charge >= 0.3 is 0 Å². The summed E-state index contributed by atoms with van der Waals surface area (Å²) >= 11 is 0. The van der Waals surface area contributed by atoms with Crippen molar-refractivity contribution in [2.45, 2.75) is 33.2 Å². The smallest absolute Gasteiger partial charge is 0.164 e. The normalized spacial score (nSPS) is 11.8.